The second-order valence-corrected chi connectivity index (χ2v) is 5.10. The summed E-state index contributed by atoms with van der Waals surface area (Å²) in [7, 11) is 1.54. The van der Waals surface area contributed by atoms with Crippen molar-refractivity contribution in [2.45, 2.75) is 12.8 Å². The first-order valence-corrected chi connectivity index (χ1v) is 6.89. The first-order valence-electron chi connectivity index (χ1n) is 6.89. The lowest BCUT2D eigenvalue weighted by atomic mass is 9.93. The molecule has 0 saturated heterocycles. The topological polar surface area (TPSA) is 62.0 Å². The van der Waals surface area contributed by atoms with Gasteiger partial charge in [0.05, 0.1) is 7.11 Å². The maximum absolute atomic E-state index is 9.88. The van der Waals surface area contributed by atoms with E-state index in [1.165, 1.54) is 0 Å². The zero-order valence-corrected chi connectivity index (χ0v) is 11.8. The molecular weight excluding hydrogens is 266 g/mol. The van der Waals surface area contributed by atoms with E-state index >= 15 is 0 Å². The van der Waals surface area contributed by atoms with Crippen LogP contribution in [0.25, 0.3) is 0 Å². The molecule has 2 aromatic carbocycles. The molecule has 0 fully saturated rings. The van der Waals surface area contributed by atoms with E-state index in [0.717, 1.165) is 35.4 Å². The standard InChI is InChI=1S/C17H17NO3/c1-21-17-10-14-12(9-16(17)20)6-7-18-15(14)8-11-2-4-13(19)5-3-11/h2-5,9-10,19-20H,6-8H2,1H3. The maximum Gasteiger partial charge on any atom is 0.161 e. The third-order valence-electron chi connectivity index (χ3n) is 3.71. The predicted molar refractivity (Wildman–Crippen MR) is 81.6 cm³/mol. The van der Waals surface area contributed by atoms with Crippen LogP contribution in [0, 0.1) is 0 Å². The summed E-state index contributed by atoms with van der Waals surface area (Å²) in [6, 6.07) is 10.8. The second kappa shape index (κ2) is 5.48. The molecule has 0 bridgehead atoms. The molecule has 0 spiro atoms. The van der Waals surface area contributed by atoms with Crippen LogP contribution in [-0.2, 0) is 12.8 Å². The minimum Gasteiger partial charge on any atom is -0.508 e. The van der Waals surface area contributed by atoms with Gasteiger partial charge in [-0.25, -0.2) is 0 Å². The highest BCUT2D eigenvalue weighted by Gasteiger charge is 2.18. The van der Waals surface area contributed by atoms with Gasteiger partial charge in [-0.2, -0.15) is 0 Å². The summed E-state index contributed by atoms with van der Waals surface area (Å²) in [5, 5.41) is 19.2. The molecule has 1 heterocycles. The third kappa shape index (κ3) is 2.70. The molecule has 1 aliphatic heterocycles. The van der Waals surface area contributed by atoms with Gasteiger partial charge in [0.2, 0.25) is 0 Å². The predicted octanol–water partition coefficient (Wildman–Crippen LogP) is 2.69. The fourth-order valence-electron chi connectivity index (χ4n) is 2.61. The van der Waals surface area contributed by atoms with Gasteiger partial charge in [0.15, 0.2) is 11.5 Å². The van der Waals surface area contributed by atoms with Crippen LogP contribution < -0.4 is 4.74 Å². The van der Waals surface area contributed by atoms with Crippen LogP contribution in [0.1, 0.15) is 16.7 Å². The Morgan fingerprint density at radius 3 is 2.62 bits per heavy atom. The van der Waals surface area contributed by atoms with E-state index < -0.39 is 0 Å². The van der Waals surface area contributed by atoms with Crippen molar-refractivity contribution >= 4 is 5.71 Å². The number of phenols is 2. The molecule has 21 heavy (non-hydrogen) atoms. The summed E-state index contributed by atoms with van der Waals surface area (Å²) in [6.07, 6.45) is 1.52. The van der Waals surface area contributed by atoms with Gasteiger partial charge in [0.25, 0.3) is 0 Å². The van der Waals surface area contributed by atoms with Gasteiger partial charge in [-0.3, -0.25) is 4.99 Å². The Morgan fingerprint density at radius 2 is 1.90 bits per heavy atom. The first-order chi connectivity index (χ1) is 10.2. The lowest BCUT2D eigenvalue weighted by molar-refractivity contribution is 0.373. The van der Waals surface area contributed by atoms with E-state index in [4.69, 9.17) is 4.74 Å². The fourth-order valence-corrected chi connectivity index (χ4v) is 2.61. The number of methoxy groups -OCH3 is 1. The van der Waals surface area contributed by atoms with E-state index in [1.54, 1.807) is 25.3 Å². The summed E-state index contributed by atoms with van der Waals surface area (Å²) in [6.45, 7) is 0.728. The number of aromatic hydroxyl groups is 2. The molecule has 0 aromatic heterocycles. The highest BCUT2D eigenvalue weighted by molar-refractivity contribution is 6.04. The number of benzene rings is 2. The molecule has 4 heteroatoms. The monoisotopic (exact) mass is 283 g/mol. The van der Waals surface area contributed by atoms with Gasteiger partial charge in [-0.1, -0.05) is 12.1 Å². The Morgan fingerprint density at radius 1 is 1.14 bits per heavy atom. The highest BCUT2D eigenvalue weighted by Crippen LogP contribution is 2.32. The Balaban J connectivity index is 1.94. The molecule has 0 radical (unpaired) electrons. The second-order valence-electron chi connectivity index (χ2n) is 5.10. The van der Waals surface area contributed by atoms with Crippen molar-refractivity contribution in [3.8, 4) is 17.2 Å². The molecule has 0 amide bonds. The minimum absolute atomic E-state index is 0.169. The first kappa shape index (κ1) is 13.5. The molecule has 0 atom stereocenters. The van der Waals surface area contributed by atoms with Crippen molar-refractivity contribution in [3.05, 3.63) is 53.1 Å². The number of phenolic OH excluding ortho intramolecular Hbond substituents is 2. The van der Waals surface area contributed by atoms with Crippen LogP contribution in [0.2, 0.25) is 0 Å². The Labute approximate surface area is 123 Å². The highest BCUT2D eigenvalue weighted by atomic mass is 16.5. The summed E-state index contributed by atoms with van der Waals surface area (Å²) in [4.78, 5) is 4.61. The number of fused-ring (bicyclic) bond motifs is 1. The van der Waals surface area contributed by atoms with E-state index in [1.807, 2.05) is 18.2 Å². The number of nitrogens with zero attached hydrogens (tertiary/aromatic N) is 1. The molecule has 108 valence electrons. The number of ether oxygens (including phenoxy) is 1. The average Bonchev–Trinajstić information content (AvgIpc) is 2.49. The molecule has 2 N–H and O–H groups in total. The zero-order valence-electron chi connectivity index (χ0n) is 11.8. The van der Waals surface area contributed by atoms with Crippen molar-refractivity contribution in [1.29, 1.82) is 0 Å². The fraction of sp³-hybridized carbons (Fsp3) is 0.235. The Hall–Kier alpha value is -2.49. The lowest BCUT2D eigenvalue weighted by Gasteiger charge is -2.19. The van der Waals surface area contributed by atoms with Crippen LogP contribution in [-0.4, -0.2) is 29.6 Å². The van der Waals surface area contributed by atoms with Crippen molar-refractivity contribution in [3.63, 3.8) is 0 Å². The number of hydrogen-bond acceptors (Lipinski definition) is 4. The SMILES string of the molecule is COc1cc2c(cc1O)CCN=C2Cc1ccc(O)cc1. The summed E-state index contributed by atoms with van der Waals surface area (Å²) < 4.78 is 5.19. The molecule has 3 rings (SSSR count). The van der Waals surface area contributed by atoms with E-state index in [-0.39, 0.29) is 11.5 Å². The molecular formula is C17H17NO3. The van der Waals surface area contributed by atoms with Crippen molar-refractivity contribution in [2.75, 3.05) is 13.7 Å². The summed E-state index contributed by atoms with van der Waals surface area (Å²) in [5.74, 6) is 0.896. The van der Waals surface area contributed by atoms with Gasteiger partial charge in [0, 0.05) is 24.2 Å². The number of hydrogen-bond donors (Lipinski definition) is 2. The number of aliphatic imine (C=N–C) groups is 1. The molecule has 1 aliphatic rings. The van der Waals surface area contributed by atoms with Crippen LogP contribution in [0.5, 0.6) is 17.2 Å². The molecule has 0 aliphatic carbocycles. The van der Waals surface area contributed by atoms with Crippen molar-refractivity contribution < 1.29 is 14.9 Å². The van der Waals surface area contributed by atoms with Crippen LogP contribution in [0.3, 0.4) is 0 Å². The summed E-state index contributed by atoms with van der Waals surface area (Å²) >= 11 is 0. The summed E-state index contributed by atoms with van der Waals surface area (Å²) in [5.41, 5.74) is 4.20. The quantitative estimate of drug-likeness (QED) is 0.910. The van der Waals surface area contributed by atoms with Gasteiger partial charge in [-0.15, -0.1) is 0 Å². The van der Waals surface area contributed by atoms with Crippen molar-refractivity contribution in [2.24, 2.45) is 4.99 Å². The van der Waals surface area contributed by atoms with Crippen molar-refractivity contribution in [1.82, 2.24) is 0 Å². The number of rotatable bonds is 3. The molecule has 4 nitrogen and oxygen atoms in total. The van der Waals surface area contributed by atoms with Crippen LogP contribution >= 0.6 is 0 Å². The Kier molecular flexibility index (Phi) is 3.52. The molecule has 0 unspecified atom stereocenters. The molecule has 0 saturated carbocycles. The largest absolute Gasteiger partial charge is 0.508 e. The molecule has 2 aromatic rings. The lowest BCUT2D eigenvalue weighted by Crippen LogP contribution is -2.15. The van der Waals surface area contributed by atoms with Crippen LogP contribution in [0.4, 0.5) is 0 Å². The van der Waals surface area contributed by atoms with Gasteiger partial charge in [0.1, 0.15) is 5.75 Å². The average molecular weight is 283 g/mol. The Bertz CT molecular complexity index is 690. The van der Waals surface area contributed by atoms with E-state index in [0.29, 0.717) is 12.2 Å². The normalized spacial score (nSPS) is 13.5. The van der Waals surface area contributed by atoms with Gasteiger partial charge < -0.3 is 14.9 Å². The van der Waals surface area contributed by atoms with E-state index in [9.17, 15) is 10.2 Å². The van der Waals surface area contributed by atoms with Gasteiger partial charge >= 0.3 is 0 Å². The minimum atomic E-state index is 0.169. The van der Waals surface area contributed by atoms with Gasteiger partial charge in [-0.05, 0) is 41.8 Å². The third-order valence-corrected chi connectivity index (χ3v) is 3.71. The smallest absolute Gasteiger partial charge is 0.161 e. The maximum atomic E-state index is 9.88. The van der Waals surface area contributed by atoms with Crippen LogP contribution in [0.15, 0.2) is 41.4 Å². The van der Waals surface area contributed by atoms with E-state index in [2.05, 4.69) is 4.99 Å². The zero-order chi connectivity index (χ0) is 14.8.